The van der Waals surface area contributed by atoms with E-state index in [0.29, 0.717) is 11.3 Å². The zero-order valence-electron chi connectivity index (χ0n) is 13.2. The summed E-state index contributed by atoms with van der Waals surface area (Å²) in [7, 11) is -3.20. The second-order valence-corrected chi connectivity index (χ2v) is 9.06. The monoisotopic (exact) mass is 312 g/mol. The molecule has 2 amide bonds. The van der Waals surface area contributed by atoms with Crippen molar-refractivity contribution in [2.45, 2.75) is 51.2 Å². The Kier molecular flexibility index (Phi) is 5.39. The van der Waals surface area contributed by atoms with Crippen molar-refractivity contribution in [3.05, 3.63) is 29.8 Å². The molecule has 0 aliphatic heterocycles. The number of carbonyl (C=O) groups excluding carboxylic acids is 1. The highest BCUT2D eigenvalue weighted by atomic mass is 32.2. The first-order valence-corrected chi connectivity index (χ1v) is 8.55. The Bertz CT molecular complexity index is 584. The second-order valence-electron chi connectivity index (χ2n) is 6.32. The number of anilines is 1. The van der Waals surface area contributed by atoms with E-state index >= 15 is 0 Å². The Morgan fingerprint density at radius 1 is 1.14 bits per heavy atom. The first-order valence-electron chi connectivity index (χ1n) is 6.90. The Balaban J connectivity index is 2.73. The van der Waals surface area contributed by atoms with Gasteiger partial charge in [0.15, 0.2) is 9.84 Å². The predicted octanol–water partition coefficient (Wildman–Crippen LogP) is 2.93. The summed E-state index contributed by atoms with van der Waals surface area (Å²) in [5.74, 6) is -0.00499. The summed E-state index contributed by atoms with van der Waals surface area (Å²) in [6.07, 6.45) is 0. The molecule has 0 saturated carbocycles. The highest BCUT2D eigenvalue weighted by Gasteiger charge is 2.28. The zero-order valence-corrected chi connectivity index (χ0v) is 14.0. The van der Waals surface area contributed by atoms with Crippen molar-refractivity contribution in [1.82, 2.24) is 5.32 Å². The van der Waals surface area contributed by atoms with Crippen LogP contribution in [0.4, 0.5) is 10.5 Å². The lowest BCUT2D eigenvalue weighted by Crippen LogP contribution is -2.34. The van der Waals surface area contributed by atoms with Crippen LogP contribution in [0.1, 0.15) is 40.2 Å². The van der Waals surface area contributed by atoms with Gasteiger partial charge in [0, 0.05) is 11.7 Å². The lowest BCUT2D eigenvalue weighted by molar-refractivity contribution is 0.250. The fourth-order valence-electron chi connectivity index (χ4n) is 1.55. The fraction of sp³-hybridized carbons (Fsp3) is 0.533. The number of hydrogen-bond acceptors (Lipinski definition) is 3. The van der Waals surface area contributed by atoms with Crippen LogP contribution in [0.15, 0.2) is 24.3 Å². The normalized spacial score (nSPS) is 12.3. The number of benzene rings is 1. The molecule has 21 heavy (non-hydrogen) atoms. The average molecular weight is 312 g/mol. The lowest BCUT2D eigenvalue weighted by atomic mass is 10.2. The van der Waals surface area contributed by atoms with Crippen LogP contribution in [0.25, 0.3) is 0 Å². The fourth-order valence-corrected chi connectivity index (χ4v) is 2.61. The van der Waals surface area contributed by atoms with Crippen LogP contribution in [0, 0.1) is 0 Å². The molecule has 0 saturated heterocycles. The van der Waals surface area contributed by atoms with Gasteiger partial charge in [-0.05, 0) is 52.3 Å². The summed E-state index contributed by atoms with van der Waals surface area (Å²) in [6, 6.07) is 6.62. The van der Waals surface area contributed by atoms with Gasteiger partial charge in [-0.25, -0.2) is 13.2 Å². The molecule has 0 fully saturated rings. The largest absolute Gasteiger partial charge is 0.336 e. The minimum Gasteiger partial charge on any atom is -0.336 e. The van der Waals surface area contributed by atoms with Gasteiger partial charge in [0.25, 0.3) is 0 Å². The van der Waals surface area contributed by atoms with Crippen molar-refractivity contribution in [2.24, 2.45) is 0 Å². The van der Waals surface area contributed by atoms with Gasteiger partial charge < -0.3 is 10.6 Å². The summed E-state index contributed by atoms with van der Waals surface area (Å²) in [5, 5.41) is 5.41. The van der Waals surface area contributed by atoms with E-state index in [4.69, 9.17) is 0 Å². The molecule has 1 rings (SSSR count). The first kappa shape index (κ1) is 17.5. The summed E-state index contributed by atoms with van der Waals surface area (Å²) in [5.41, 5.74) is 1.34. The lowest BCUT2D eigenvalue weighted by Gasteiger charge is -2.19. The van der Waals surface area contributed by atoms with Gasteiger partial charge in [-0.1, -0.05) is 12.1 Å². The third kappa shape index (κ3) is 5.38. The molecule has 0 unspecified atom stereocenters. The molecular weight excluding hydrogens is 288 g/mol. The van der Waals surface area contributed by atoms with Crippen LogP contribution < -0.4 is 10.6 Å². The summed E-state index contributed by atoms with van der Waals surface area (Å²) < 4.78 is 23.5. The Morgan fingerprint density at radius 3 is 2.10 bits per heavy atom. The summed E-state index contributed by atoms with van der Waals surface area (Å²) in [6.45, 7) is 8.82. The van der Waals surface area contributed by atoms with E-state index < -0.39 is 14.6 Å². The summed E-state index contributed by atoms with van der Waals surface area (Å²) >= 11 is 0. The third-order valence-corrected chi connectivity index (χ3v) is 5.50. The van der Waals surface area contributed by atoms with E-state index in [1.54, 1.807) is 45.0 Å². The third-order valence-electron chi connectivity index (χ3n) is 2.92. The zero-order chi connectivity index (χ0) is 16.3. The van der Waals surface area contributed by atoms with Crippen LogP contribution in [-0.2, 0) is 15.6 Å². The summed E-state index contributed by atoms with van der Waals surface area (Å²) in [4.78, 5) is 11.5. The number of amides is 2. The van der Waals surface area contributed by atoms with Gasteiger partial charge in [-0.3, -0.25) is 0 Å². The Morgan fingerprint density at radius 2 is 1.67 bits per heavy atom. The van der Waals surface area contributed by atoms with Crippen molar-refractivity contribution < 1.29 is 13.2 Å². The van der Waals surface area contributed by atoms with Crippen molar-refractivity contribution in [2.75, 3.05) is 5.32 Å². The second kappa shape index (κ2) is 6.47. The van der Waals surface area contributed by atoms with Gasteiger partial charge in [0.05, 0.1) is 10.5 Å². The van der Waals surface area contributed by atoms with E-state index in [1.165, 1.54) is 0 Å². The Hall–Kier alpha value is -1.56. The molecule has 0 atom stereocenters. The smallest absolute Gasteiger partial charge is 0.319 e. The standard InChI is InChI=1S/C15H24N2O3S/c1-11(2)16-14(18)17-13-8-6-12(7-9-13)10-21(19,20)15(3,4)5/h6-9,11H,10H2,1-5H3,(H2,16,17,18). The predicted molar refractivity (Wildman–Crippen MR) is 86.1 cm³/mol. The molecule has 2 N–H and O–H groups in total. The molecule has 0 spiro atoms. The molecule has 0 radical (unpaired) electrons. The molecule has 6 heteroatoms. The molecule has 0 aliphatic rings. The molecule has 5 nitrogen and oxygen atoms in total. The first-order chi connectivity index (χ1) is 9.51. The topological polar surface area (TPSA) is 75.3 Å². The molecule has 118 valence electrons. The van der Waals surface area contributed by atoms with Crippen molar-refractivity contribution in [3.63, 3.8) is 0 Å². The number of hydrogen-bond donors (Lipinski definition) is 2. The van der Waals surface area contributed by atoms with E-state index in [2.05, 4.69) is 10.6 Å². The minimum absolute atomic E-state index is 0.00499. The van der Waals surface area contributed by atoms with Gasteiger partial charge in [-0.2, -0.15) is 0 Å². The van der Waals surface area contributed by atoms with Crippen LogP contribution in [0.5, 0.6) is 0 Å². The van der Waals surface area contributed by atoms with Crippen LogP contribution >= 0.6 is 0 Å². The highest BCUT2D eigenvalue weighted by Crippen LogP contribution is 2.21. The van der Waals surface area contributed by atoms with Crippen LogP contribution in [0.2, 0.25) is 0 Å². The maximum absolute atomic E-state index is 12.1. The molecular formula is C15H24N2O3S. The number of rotatable bonds is 4. The number of sulfone groups is 1. The molecule has 0 heterocycles. The molecule has 1 aromatic carbocycles. The van der Waals surface area contributed by atoms with Crippen molar-refractivity contribution in [3.8, 4) is 0 Å². The SMILES string of the molecule is CC(C)NC(=O)Nc1ccc(CS(=O)(=O)C(C)(C)C)cc1. The maximum Gasteiger partial charge on any atom is 0.319 e. The Labute approximate surface area is 127 Å². The van der Waals surface area contributed by atoms with Gasteiger partial charge in [0.2, 0.25) is 0 Å². The number of nitrogens with one attached hydrogen (secondary N) is 2. The maximum atomic E-state index is 12.1. The van der Waals surface area contributed by atoms with Crippen molar-refractivity contribution in [1.29, 1.82) is 0 Å². The van der Waals surface area contributed by atoms with Gasteiger partial charge >= 0.3 is 6.03 Å². The minimum atomic E-state index is -3.20. The molecule has 0 aromatic heterocycles. The van der Waals surface area contributed by atoms with Gasteiger partial charge in [0.1, 0.15) is 0 Å². The van der Waals surface area contributed by atoms with E-state index in [-0.39, 0.29) is 17.8 Å². The average Bonchev–Trinajstić information content (AvgIpc) is 2.28. The van der Waals surface area contributed by atoms with Crippen LogP contribution in [0.3, 0.4) is 0 Å². The van der Waals surface area contributed by atoms with E-state index in [9.17, 15) is 13.2 Å². The van der Waals surface area contributed by atoms with Crippen LogP contribution in [-0.4, -0.2) is 25.2 Å². The number of urea groups is 1. The van der Waals surface area contributed by atoms with Crippen molar-refractivity contribution >= 4 is 21.6 Å². The molecule has 0 aliphatic carbocycles. The molecule has 0 bridgehead atoms. The molecule has 1 aromatic rings. The quantitative estimate of drug-likeness (QED) is 0.897. The highest BCUT2D eigenvalue weighted by molar-refractivity contribution is 7.91. The van der Waals surface area contributed by atoms with E-state index in [1.807, 2.05) is 13.8 Å². The number of carbonyl (C=O) groups is 1. The van der Waals surface area contributed by atoms with E-state index in [0.717, 1.165) is 0 Å². The van der Waals surface area contributed by atoms with Gasteiger partial charge in [-0.15, -0.1) is 0 Å².